The number of nitrogens with zero attached hydrogens (tertiary/aromatic N) is 3. The molecule has 1 N–H and O–H groups in total. The second-order valence-electron chi connectivity index (χ2n) is 6.15. The van der Waals surface area contributed by atoms with Crippen molar-refractivity contribution in [3.63, 3.8) is 0 Å². The Kier molecular flexibility index (Phi) is 5.53. The molecule has 25 heavy (non-hydrogen) atoms. The molecule has 0 fully saturated rings. The van der Waals surface area contributed by atoms with Crippen molar-refractivity contribution in [3.8, 4) is 11.5 Å². The van der Waals surface area contributed by atoms with E-state index in [9.17, 15) is 4.79 Å². The van der Waals surface area contributed by atoms with Gasteiger partial charge in [-0.1, -0.05) is 6.42 Å². The van der Waals surface area contributed by atoms with Crippen LogP contribution in [0.2, 0.25) is 0 Å². The lowest BCUT2D eigenvalue weighted by atomic mass is 10.2. The molecule has 1 aromatic carbocycles. The van der Waals surface area contributed by atoms with Crippen molar-refractivity contribution in [2.45, 2.75) is 51.8 Å². The Morgan fingerprint density at radius 2 is 1.96 bits per heavy atom. The highest BCUT2D eigenvalue weighted by Gasteiger charge is 2.18. The summed E-state index contributed by atoms with van der Waals surface area (Å²) in [5.74, 6) is 3.02. The van der Waals surface area contributed by atoms with Gasteiger partial charge in [-0.2, -0.15) is 0 Å². The maximum absolute atomic E-state index is 12.3. The van der Waals surface area contributed by atoms with Crippen LogP contribution in [-0.2, 0) is 24.3 Å². The first-order valence-corrected chi connectivity index (χ1v) is 8.67. The molecule has 2 aromatic rings. The number of carbonyl (C=O) groups is 1. The van der Waals surface area contributed by atoms with Crippen LogP contribution < -0.4 is 14.8 Å². The molecule has 0 spiro atoms. The van der Waals surface area contributed by atoms with Gasteiger partial charge in [0.15, 0.2) is 11.9 Å². The number of fused-ring (bicyclic) bond motifs is 1. The lowest BCUT2D eigenvalue weighted by Gasteiger charge is -2.15. The summed E-state index contributed by atoms with van der Waals surface area (Å²) in [4.78, 5) is 12.3. The molecule has 3 rings (SSSR count). The van der Waals surface area contributed by atoms with E-state index >= 15 is 0 Å². The third-order valence-corrected chi connectivity index (χ3v) is 4.35. The first-order valence-electron chi connectivity index (χ1n) is 8.67. The van der Waals surface area contributed by atoms with Gasteiger partial charge in [0.2, 0.25) is 0 Å². The number of hydrogen-bond acceptors (Lipinski definition) is 5. The predicted octanol–water partition coefficient (Wildman–Crippen LogP) is 2.10. The van der Waals surface area contributed by atoms with Crippen LogP contribution in [0.3, 0.4) is 0 Å². The van der Waals surface area contributed by atoms with E-state index in [1.165, 1.54) is 6.42 Å². The first kappa shape index (κ1) is 17.3. The highest BCUT2D eigenvalue weighted by molar-refractivity contribution is 5.80. The Labute approximate surface area is 147 Å². The largest absolute Gasteiger partial charge is 0.497 e. The monoisotopic (exact) mass is 344 g/mol. The number of methoxy groups -OCH3 is 1. The second-order valence-corrected chi connectivity index (χ2v) is 6.15. The summed E-state index contributed by atoms with van der Waals surface area (Å²) in [5.41, 5.74) is 0. The molecule has 7 heteroatoms. The summed E-state index contributed by atoms with van der Waals surface area (Å²) in [7, 11) is 1.61. The number of hydrogen-bond donors (Lipinski definition) is 1. The first-order chi connectivity index (χ1) is 12.2. The normalized spacial score (nSPS) is 15.0. The van der Waals surface area contributed by atoms with Gasteiger partial charge in [-0.25, -0.2) is 0 Å². The maximum Gasteiger partial charge on any atom is 0.261 e. The molecule has 0 radical (unpaired) electrons. The van der Waals surface area contributed by atoms with Crippen LogP contribution in [0.25, 0.3) is 0 Å². The van der Waals surface area contributed by atoms with Gasteiger partial charge in [0.05, 0.1) is 13.7 Å². The van der Waals surface area contributed by atoms with Gasteiger partial charge >= 0.3 is 0 Å². The molecule has 1 atom stereocenters. The highest BCUT2D eigenvalue weighted by Crippen LogP contribution is 2.18. The van der Waals surface area contributed by atoms with E-state index in [0.717, 1.165) is 43.2 Å². The minimum atomic E-state index is -0.597. The zero-order valence-electron chi connectivity index (χ0n) is 14.7. The minimum Gasteiger partial charge on any atom is -0.497 e. The molecule has 1 amide bonds. The van der Waals surface area contributed by atoms with E-state index in [-0.39, 0.29) is 5.91 Å². The second kappa shape index (κ2) is 8.00. The van der Waals surface area contributed by atoms with E-state index in [4.69, 9.17) is 9.47 Å². The Bertz CT molecular complexity index is 712. The molecular formula is C18H24N4O3. The molecule has 134 valence electrons. The Morgan fingerprint density at radius 1 is 1.20 bits per heavy atom. The summed E-state index contributed by atoms with van der Waals surface area (Å²) in [6.07, 6.45) is 3.85. The summed E-state index contributed by atoms with van der Waals surface area (Å²) < 4.78 is 12.9. The summed E-state index contributed by atoms with van der Waals surface area (Å²) in [5, 5.41) is 11.3. The fourth-order valence-corrected chi connectivity index (χ4v) is 2.90. The summed E-state index contributed by atoms with van der Waals surface area (Å²) in [6.45, 7) is 3.01. The lowest BCUT2D eigenvalue weighted by molar-refractivity contribution is -0.127. The third-order valence-electron chi connectivity index (χ3n) is 4.35. The molecule has 1 unspecified atom stereocenters. The average molecular weight is 344 g/mol. The Hall–Kier alpha value is -2.57. The number of nitrogens with one attached hydrogen (secondary N) is 1. The van der Waals surface area contributed by atoms with Crippen molar-refractivity contribution >= 4 is 5.91 Å². The smallest absolute Gasteiger partial charge is 0.261 e. The zero-order chi connectivity index (χ0) is 17.6. The number of benzene rings is 1. The van der Waals surface area contributed by atoms with E-state index in [1.54, 1.807) is 38.3 Å². The van der Waals surface area contributed by atoms with E-state index in [1.807, 2.05) is 0 Å². The Morgan fingerprint density at radius 3 is 2.72 bits per heavy atom. The van der Waals surface area contributed by atoms with Crippen molar-refractivity contribution in [1.82, 2.24) is 20.1 Å². The zero-order valence-corrected chi connectivity index (χ0v) is 14.7. The number of aryl methyl sites for hydroxylation is 1. The van der Waals surface area contributed by atoms with Crippen molar-refractivity contribution in [1.29, 1.82) is 0 Å². The van der Waals surface area contributed by atoms with Crippen LogP contribution in [0.5, 0.6) is 11.5 Å². The number of aromatic nitrogens is 3. The molecule has 1 aliphatic heterocycles. The van der Waals surface area contributed by atoms with Crippen LogP contribution in [0.4, 0.5) is 0 Å². The molecule has 0 saturated carbocycles. The van der Waals surface area contributed by atoms with Crippen LogP contribution >= 0.6 is 0 Å². The summed E-state index contributed by atoms with van der Waals surface area (Å²) >= 11 is 0. The third kappa shape index (κ3) is 4.29. The van der Waals surface area contributed by atoms with Gasteiger partial charge < -0.3 is 19.4 Å². The molecular weight excluding hydrogens is 320 g/mol. The van der Waals surface area contributed by atoms with Crippen molar-refractivity contribution in [2.75, 3.05) is 7.11 Å². The highest BCUT2D eigenvalue weighted by atomic mass is 16.5. The lowest BCUT2D eigenvalue weighted by Crippen LogP contribution is -2.36. The van der Waals surface area contributed by atoms with Crippen LogP contribution in [0.1, 0.15) is 37.8 Å². The number of carbonyl (C=O) groups excluding carboxylic acids is 1. The van der Waals surface area contributed by atoms with E-state index in [0.29, 0.717) is 12.3 Å². The molecule has 1 aliphatic rings. The predicted molar refractivity (Wildman–Crippen MR) is 92.5 cm³/mol. The van der Waals surface area contributed by atoms with Gasteiger partial charge in [-0.3, -0.25) is 4.79 Å². The molecule has 2 heterocycles. The molecule has 0 bridgehead atoms. The van der Waals surface area contributed by atoms with Gasteiger partial charge in [0, 0.05) is 13.0 Å². The van der Waals surface area contributed by atoms with Crippen LogP contribution in [0, 0.1) is 0 Å². The summed E-state index contributed by atoms with van der Waals surface area (Å²) in [6, 6.07) is 7.15. The molecule has 7 nitrogen and oxygen atoms in total. The number of amides is 1. The van der Waals surface area contributed by atoms with E-state index < -0.39 is 6.10 Å². The molecule has 0 saturated heterocycles. The molecule has 0 aliphatic carbocycles. The van der Waals surface area contributed by atoms with Gasteiger partial charge in [-0.05, 0) is 44.0 Å². The van der Waals surface area contributed by atoms with Gasteiger partial charge in [0.25, 0.3) is 5.91 Å². The fourth-order valence-electron chi connectivity index (χ4n) is 2.90. The van der Waals surface area contributed by atoms with Gasteiger partial charge in [-0.15, -0.1) is 10.2 Å². The van der Waals surface area contributed by atoms with Crippen molar-refractivity contribution < 1.29 is 14.3 Å². The maximum atomic E-state index is 12.3. The van der Waals surface area contributed by atoms with Crippen molar-refractivity contribution in [2.24, 2.45) is 0 Å². The topological polar surface area (TPSA) is 78.3 Å². The van der Waals surface area contributed by atoms with Crippen LogP contribution in [-0.4, -0.2) is 33.9 Å². The van der Waals surface area contributed by atoms with Crippen LogP contribution in [0.15, 0.2) is 24.3 Å². The van der Waals surface area contributed by atoms with Crippen molar-refractivity contribution in [3.05, 3.63) is 35.9 Å². The SMILES string of the molecule is COc1ccc(OC(C)C(=O)NCc2nnc3n2CCCCC3)cc1. The molecule has 1 aromatic heterocycles. The fraction of sp³-hybridized carbons (Fsp3) is 0.500. The average Bonchev–Trinajstić information content (AvgIpc) is 2.86. The standard InChI is InChI=1S/C18H24N4O3/c1-13(25-15-9-7-14(24-2)8-10-15)18(23)19-12-17-21-20-16-6-4-3-5-11-22(16)17/h7-10,13H,3-6,11-12H2,1-2H3,(H,19,23). The minimum absolute atomic E-state index is 0.179. The van der Waals surface area contributed by atoms with E-state index in [2.05, 4.69) is 20.1 Å². The van der Waals surface area contributed by atoms with Gasteiger partial charge in [0.1, 0.15) is 17.3 Å². The number of rotatable bonds is 6. The number of ether oxygens (including phenoxy) is 2. The quantitative estimate of drug-likeness (QED) is 0.868. The Balaban J connectivity index is 1.54.